The lowest BCUT2D eigenvalue weighted by Crippen LogP contribution is -2.29. The second-order valence-corrected chi connectivity index (χ2v) is 16.0. The zero-order chi connectivity index (χ0) is 38.5. The molecule has 0 radical (unpaired) electrons. The van der Waals surface area contributed by atoms with Crippen LogP contribution in [0.25, 0.3) is 38.8 Å². The third kappa shape index (κ3) is 6.26. The van der Waals surface area contributed by atoms with Gasteiger partial charge in [0, 0.05) is 40.4 Å². The van der Waals surface area contributed by atoms with E-state index in [1.54, 1.807) is 0 Å². The average Bonchev–Trinajstić information content (AvgIpc) is 3.80. The first-order valence-electron chi connectivity index (χ1n) is 19.9. The van der Waals surface area contributed by atoms with Gasteiger partial charge in [0.05, 0.1) is 28.1 Å². The van der Waals surface area contributed by atoms with Gasteiger partial charge >= 0.3 is 0 Å². The number of fused-ring (bicyclic) bond motifs is 4. The van der Waals surface area contributed by atoms with Crippen molar-refractivity contribution in [1.82, 2.24) is 9.55 Å². The van der Waals surface area contributed by atoms with Crippen LogP contribution in [0, 0.1) is 0 Å². The van der Waals surface area contributed by atoms with Crippen molar-refractivity contribution in [1.29, 1.82) is 0 Å². The largest absolute Gasteiger partial charge is 0.457 e. The van der Waals surface area contributed by atoms with Gasteiger partial charge in [-0.05, 0) is 95.1 Å². The van der Waals surface area contributed by atoms with Crippen LogP contribution >= 0.6 is 0 Å². The third-order valence-electron chi connectivity index (χ3n) is 11.4. The minimum absolute atomic E-state index is 0.00103. The molecule has 8 aromatic rings. The fourth-order valence-electron chi connectivity index (χ4n) is 8.58. The Balaban J connectivity index is 1.02. The Kier molecular flexibility index (Phi) is 8.52. The second kappa shape index (κ2) is 14.0. The summed E-state index contributed by atoms with van der Waals surface area (Å²) >= 11 is 0. The Hall–Kier alpha value is -6.85. The Morgan fingerprint density at radius 3 is 2.05 bits per heavy atom. The molecule has 5 nitrogen and oxygen atoms in total. The number of para-hydroxylation sites is 3. The minimum atomic E-state index is 0.00103. The highest BCUT2D eigenvalue weighted by Gasteiger charge is 2.33. The highest BCUT2D eigenvalue weighted by molar-refractivity contribution is 6.09. The number of nitrogens with zero attached hydrogens (tertiary/aromatic N) is 4. The summed E-state index contributed by atoms with van der Waals surface area (Å²) in [6.07, 6.45) is 6.33. The number of hydrogen-bond donors (Lipinski definition) is 0. The molecule has 1 aliphatic heterocycles. The number of rotatable bonds is 7. The summed E-state index contributed by atoms with van der Waals surface area (Å²) in [5.41, 5.74) is 13.3. The fourth-order valence-corrected chi connectivity index (χ4v) is 8.58. The standard InChI is InChI=1S/C52H44N4O/c1-52(2,3)38-30-31-53-50(32-38)56-46-25-11-10-22-44(46)45-29-28-41(34-49(45)56)57-40-21-14-20-39(33-40)54-35-55(48-27-13-12-26-47(48)54)51-42(36-16-6-4-7-17-36)23-15-24-43(51)37-18-8-5-9-19-37/h4-14,16-23,25-34H,15,24,35H2,1-3H3. The van der Waals surface area contributed by atoms with E-state index in [0.717, 1.165) is 46.9 Å². The molecule has 0 bridgehead atoms. The van der Waals surface area contributed by atoms with Gasteiger partial charge in [-0.25, -0.2) is 4.98 Å². The molecule has 0 fully saturated rings. The highest BCUT2D eigenvalue weighted by atomic mass is 16.5. The van der Waals surface area contributed by atoms with Gasteiger partial charge in [0.2, 0.25) is 0 Å². The van der Waals surface area contributed by atoms with Crippen molar-refractivity contribution in [3.05, 3.63) is 198 Å². The van der Waals surface area contributed by atoms with E-state index in [1.807, 2.05) is 12.3 Å². The van der Waals surface area contributed by atoms with E-state index in [2.05, 4.69) is 199 Å². The maximum atomic E-state index is 6.74. The topological polar surface area (TPSA) is 33.5 Å². The van der Waals surface area contributed by atoms with Crippen molar-refractivity contribution in [2.45, 2.75) is 39.0 Å². The molecule has 3 heterocycles. The maximum Gasteiger partial charge on any atom is 0.137 e. The molecule has 2 aromatic heterocycles. The Bertz CT molecular complexity index is 2840. The van der Waals surface area contributed by atoms with E-state index in [4.69, 9.17) is 9.72 Å². The van der Waals surface area contributed by atoms with Crippen LogP contribution in [0.15, 0.2) is 182 Å². The Morgan fingerprint density at radius 2 is 1.26 bits per heavy atom. The number of pyridine rings is 1. The normalized spacial score (nSPS) is 14.3. The van der Waals surface area contributed by atoms with Crippen molar-refractivity contribution in [3.8, 4) is 17.3 Å². The van der Waals surface area contributed by atoms with Crippen LogP contribution in [-0.2, 0) is 5.41 Å². The van der Waals surface area contributed by atoms with E-state index >= 15 is 0 Å². The van der Waals surface area contributed by atoms with Crippen LogP contribution in [0.1, 0.15) is 50.3 Å². The first kappa shape index (κ1) is 34.6. The van der Waals surface area contributed by atoms with Gasteiger partial charge in [-0.15, -0.1) is 0 Å². The van der Waals surface area contributed by atoms with E-state index < -0.39 is 0 Å². The molecule has 0 N–H and O–H groups in total. The molecule has 0 saturated heterocycles. The number of ether oxygens (including phenoxy) is 1. The molecule has 0 spiro atoms. The number of allylic oxidation sites excluding steroid dienone is 3. The van der Waals surface area contributed by atoms with Gasteiger partial charge in [0.15, 0.2) is 0 Å². The molecule has 5 heteroatoms. The first-order valence-corrected chi connectivity index (χ1v) is 19.9. The van der Waals surface area contributed by atoms with Gasteiger partial charge < -0.3 is 14.5 Å². The summed E-state index contributed by atoms with van der Waals surface area (Å²) in [7, 11) is 0. The van der Waals surface area contributed by atoms with E-state index in [1.165, 1.54) is 55.7 Å². The summed E-state index contributed by atoms with van der Waals surface area (Å²) in [5.74, 6) is 2.46. The lowest BCUT2D eigenvalue weighted by atomic mass is 9.87. The Morgan fingerprint density at radius 1 is 0.579 bits per heavy atom. The van der Waals surface area contributed by atoms with Crippen LogP contribution in [0.5, 0.6) is 11.5 Å². The van der Waals surface area contributed by atoms with Gasteiger partial charge in [-0.3, -0.25) is 4.57 Å². The zero-order valence-corrected chi connectivity index (χ0v) is 32.6. The molecule has 0 saturated carbocycles. The average molecular weight is 741 g/mol. The summed E-state index contributed by atoms with van der Waals surface area (Å²) in [6, 6.07) is 58.3. The molecule has 278 valence electrons. The van der Waals surface area contributed by atoms with Crippen LogP contribution in [-0.4, -0.2) is 16.2 Å². The number of anilines is 3. The predicted octanol–water partition coefficient (Wildman–Crippen LogP) is 13.5. The Labute approximate surface area is 334 Å². The van der Waals surface area contributed by atoms with Gasteiger partial charge in [0.25, 0.3) is 0 Å². The van der Waals surface area contributed by atoms with Crippen LogP contribution in [0.3, 0.4) is 0 Å². The minimum Gasteiger partial charge on any atom is -0.457 e. The first-order chi connectivity index (χ1) is 27.9. The molecule has 6 aromatic carbocycles. The summed E-state index contributed by atoms with van der Waals surface area (Å²) < 4.78 is 9.00. The van der Waals surface area contributed by atoms with Crippen molar-refractivity contribution in [2.24, 2.45) is 0 Å². The maximum absolute atomic E-state index is 6.74. The molecule has 0 unspecified atom stereocenters. The zero-order valence-electron chi connectivity index (χ0n) is 32.6. The molecular weight excluding hydrogens is 697 g/mol. The van der Waals surface area contributed by atoms with Crippen LogP contribution < -0.4 is 14.5 Å². The van der Waals surface area contributed by atoms with Crippen molar-refractivity contribution in [3.63, 3.8) is 0 Å². The van der Waals surface area contributed by atoms with Crippen molar-refractivity contribution >= 4 is 50.0 Å². The highest BCUT2D eigenvalue weighted by Crippen LogP contribution is 2.49. The number of aromatic nitrogens is 2. The van der Waals surface area contributed by atoms with Gasteiger partial charge in [-0.2, -0.15) is 0 Å². The second-order valence-electron chi connectivity index (χ2n) is 16.0. The van der Waals surface area contributed by atoms with Crippen LogP contribution in [0.4, 0.5) is 17.1 Å². The third-order valence-corrected chi connectivity index (χ3v) is 11.4. The fraction of sp³-hybridized carbons (Fsp3) is 0.135. The van der Waals surface area contributed by atoms with E-state index in [0.29, 0.717) is 6.67 Å². The molecule has 1 aliphatic carbocycles. The van der Waals surface area contributed by atoms with Crippen molar-refractivity contribution < 1.29 is 4.74 Å². The lowest BCUT2D eigenvalue weighted by Gasteiger charge is -2.31. The summed E-state index contributed by atoms with van der Waals surface area (Å²) in [4.78, 5) is 9.79. The molecule has 2 aliphatic rings. The summed E-state index contributed by atoms with van der Waals surface area (Å²) in [5, 5.41) is 2.36. The molecular formula is C52H44N4O. The SMILES string of the molecule is CC(C)(C)c1ccnc(-n2c3ccccc3c3ccc(Oc4cccc(N5CN(C6=C(c7ccccc7)CCC=C6c6ccccc6)c6ccccc65)c4)cc32)c1. The number of hydrogen-bond acceptors (Lipinski definition) is 4. The van der Waals surface area contributed by atoms with Crippen LogP contribution in [0.2, 0.25) is 0 Å². The van der Waals surface area contributed by atoms with E-state index in [9.17, 15) is 0 Å². The van der Waals surface area contributed by atoms with Gasteiger partial charge in [-0.1, -0.05) is 124 Å². The van der Waals surface area contributed by atoms with Crippen molar-refractivity contribution in [2.75, 3.05) is 16.5 Å². The molecule has 57 heavy (non-hydrogen) atoms. The molecule has 0 atom stereocenters. The number of benzene rings is 6. The lowest BCUT2D eigenvalue weighted by molar-refractivity contribution is 0.483. The molecule has 0 amide bonds. The van der Waals surface area contributed by atoms with E-state index in [-0.39, 0.29) is 5.41 Å². The molecule has 10 rings (SSSR count). The smallest absolute Gasteiger partial charge is 0.137 e. The monoisotopic (exact) mass is 740 g/mol. The summed E-state index contributed by atoms with van der Waals surface area (Å²) in [6.45, 7) is 7.39. The quantitative estimate of drug-likeness (QED) is 0.163. The van der Waals surface area contributed by atoms with Gasteiger partial charge in [0.1, 0.15) is 24.0 Å². The predicted molar refractivity (Wildman–Crippen MR) is 237 cm³/mol.